The minimum atomic E-state index is 0.428. The summed E-state index contributed by atoms with van der Waals surface area (Å²) in [5, 5.41) is 6.88. The molecule has 0 radical (unpaired) electrons. The molecule has 1 aromatic rings. The van der Waals surface area contributed by atoms with Crippen LogP contribution in [-0.2, 0) is 6.42 Å². The highest BCUT2D eigenvalue weighted by molar-refractivity contribution is 5.57. The summed E-state index contributed by atoms with van der Waals surface area (Å²) < 4.78 is 0. The van der Waals surface area contributed by atoms with Crippen LogP contribution in [0.15, 0.2) is 0 Å². The average molecular weight is 278 g/mol. The number of anilines is 2. The Morgan fingerprint density at radius 1 is 1.05 bits per heavy atom. The maximum absolute atomic E-state index is 4.64. The van der Waals surface area contributed by atoms with Crippen LogP contribution in [-0.4, -0.2) is 22.6 Å². The molecule has 0 saturated heterocycles. The molecule has 2 atom stereocenters. The number of aryl methyl sites for hydroxylation is 1. The fourth-order valence-electron chi connectivity index (χ4n) is 2.26. The van der Waals surface area contributed by atoms with Crippen LogP contribution in [0.1, 0.15) is 58.8 Å². The van der Waals surface area contributed by atoms with Gasteiger partial charge in [0.2, 0.25) is 0 Å². The van der Waals surface area contributed by atoms with Gasteiger partial charge in [0.15, 0.2) is 0 Å². The lowest BCUT2D eigenvalue weighted by atomic mass is 10.0. The van der Waals surface area contributed by atoms with E-state index in [-0.39, 0.29) is 0 Å². The van der Waals surface area contributed by atoms with E-state index in [0.29, 0.717) is 6.04 Å². The maximum atomic E-state index is 4.64. The third kappa shape index (κ3) is 4.66. The van der Waals surface area contributed by atoms with Crippen LogP contribution in [0, 0.1) is 12.8 Å². The smallest absolute Gasteiger partial charge is 0.134 e. The Bertz CT molecular complexity index is 417. The summed E-state index contributed by atoms with van der Waals surface area (Å²) >= 11 is 0. The van der Waals surface area contributed by atoms with Gasteiger partial charge in [-0.25, -0.2) is 9.97 Å². The van der Waals surface area contributed by atoms with Crippen molar-refractivity contribution in [3.63, 3.8) is 0 Å². The number of hydrogen-bond acceptors (Lipinski definition) is 4. The van der Waals surface area contributed by atoms with Gasteiger partial charge in [-0.15, -0.1) is 0 Å². The van der Waals surface area contributed by atoms with Gasteiger partial charge in [0, 0.05) is 24.6 Å². The molecule has 0 aliphatic carbocycles. The number of nitrogens with one attached hydrogen (secondary N) is 2. The molecule has 0 saturated carbocycles. The molecule has 0 bridgehead atoms. The number of hydrogen-bond donors (Lipinski definition) is 2. The van der Waals surface area contributed by atoms with Crippen LogP contribution in [0.25, 0.3) is 0 Å². The molecule has 114 valence electrons. The predicted octanol–water partition coefficient (Wildman–Crippen LogP) is 4.02. The monoisotopic (exact) mass is 278 g/mol. The molecule has 0 aromatic carbocycles. The first-order valence-electron chi connectivity index (χ1n) is 7.89. The van der Waals surface area contributed by atoms with Crippen LogP contribution < -0.4 is 10.6 Å². The van der Waals surface area contributed by atoms with Gasteiger partial charge in [-0.2, -0.15) is 0 Å². The van der Waals surface area contributed by atoms with Crippen LogP contribution >= 0.6 is 0 Å². The first kappa shape index (κ1) is 16.7. The second kappa shape index (κ2) is 8.08. The van der Waals surface area contributed by atoms with Crippen molar-refractivity contribution in [3.8, 4) is 0 Å². The average Bonchev–Trinajstić information content (AvgIpc) is 2.42. The summed E-state index contributed by atoms with van der Waals surface area (Å²) in [5.74, 6) is 3.56. The Balaban J connectivity index is 2.89. The van der Waals surface area contributed by atoms with E-state index in [1.165, 1.54) is 6.42 Å². The fraction of sp³-hybridized carbons (Fsp3) is 0.750. The summed E-state index contributed by atoms with van der Waals surface area (Å²) in [4.78, 5) is 9.21. The van der Waals surface area contributed by atoms with Gasteiger partial charge in [-0.3, -0.25) is 0 Å². The number of nitrogens with zero attached hydrogens (tertiary/aromatic N) is 2. The van der Waals surface area contributed by atoms with Gasteiger partial charge >= 0.3 is 0 Å². The Kier molecular flexibility index (Phi) is 6.76. The van der Waals surface area contributed by atoms with Crippen LogP contribution in [0.2, 0.25) is 0 Å². The third-order valence-electron chi connectivity index (χ3n) is 3.69. The zero-order valence-electron chi connectivity index (χ0n) is 13.9. The molecule has 2 N–H and O–H groups in total. The SMILES string of the molecule is CCNc1nc(CC)nc(NC(C)CC(C)CC)c1C. The van der Waals surface area contributed by atoms with Gasteiger partial charge in [0.1, 0.15) is 17.5 Å². The summed E-state index contributed by atoms with van der Waals surface area (Å²) in [6.45, 7) is 13.9. The topological polar surface area (TPSA) is 49.8 Å². The van der Waals surface area contributed by atoms with Gasteiger partial charge in [-0.05, 0) is 33.1 Å². The van der Waals surface area contributed by atoms with Crippen molar-refractivity contribution in [2.45, 2.75) is 66.8 Å². The molecular formula is C16H30N4. The van der Waals surface area contributed by atoms with Crippen molar-refractivity contribution >= 4 is 11.6 Å². The van der Waals surface area contributed by atoms with Crippen molar-refractivity contribution < 1.29 is 0 Å². The second-order valence-electron chi connectivity index (χ2n) is 5.64. The van der Waals surface area contributed by atoms with Crippen molar-refractivity contribution in [1.82, 2.24) is 9.97 Å². The first-order chi connectivity index (χ1) is 9.51. The van der Waals surface area contributed by atoms with E-state index in [0.717, 1.165) is 48.3 Å². The lowest BCUT2D eigenvalue weighted by molar-refractivity contribution is 0.483. The molecular weight excluding hydrogens is 248 g/mol. The van der Waals surface area contributed by atoms with Gasteiger partial charge in [0.05, 0.1) is 0 Å². The second-order valence-corrected chi connectivity index (χ2v) is 5.64. The van der Waals surface area contributed by atoms with E-state index in [1.807, 2.05) is 0 Å². The summed E-state index contributed by atoms with van der Waals surface area (Å²) in [6, 6.07) is 0.428. The molecule has 2 unspecified atom stereocenters. The molecule has 1 aromatic heterocycles. The quantitative estimate of drug-likeness (QED) is 0.754. The molecule has 20 heavy (non-hydrogen) atoms. The molecule has 0 fully saturated rings. The normalized spacial score (nSPS) is 13.9. The molecule has 0 aliphatic rings. The molecule has 4 nitrogen and oxygen atoms in total. The van der Waals surface area contributed by atoms with Gasteiger partial charge in [-0.1, -0.05) is 27.2 Å². The molecule has 0 aliphatic heterocycles. The highest BCUT2D eigenvalue weighted by Crippen LogP contribution is 2.22. The summed E-state index contributed by atoms with van der Waals surface area (Å²) in [7, 11) is 0. The van der Waals surface area contributed by atoms with Gasteiger partial charge in [0.25, 0.3) is 0 Å². The summed E-state index contributed by atoms with van der Waals surface area (Å²) in [6.07, 6.45) is 3.24. The highest BCUT2D eigenvalue weighted by Gasteiger charge is 2.13. The first-order valence-corrected chi connectivity index (χ1v) is 7.89. The Morgan fingerprint density at radius 2 is 1.70 bits per heavy atom. The van der Waals surface area contributed by atoms with E-state index in [9.17, 15) is 0 Å². The largest absolute Gasteiger partial charge is 0.370 e. The van der Waals surface area contributed by atoms with Crippen molar-refractivity contribution in [1.29, 1.82) is 0 Å². The highest BCUT2D eigenvalue weighted by atomic mass is 15.1. The maximum Gasteiger partial charge on any atom is 0.134 e. The fourth-order valence-corrected chi connectivity index (χ4v) is 2.26. The van der Waals surface area contributed by atoms with Gasteiger partial charge < -0.3 is 10.6 Å². The standard InChI is InChI=1S/C16H30N4/c1-7-11(4)10-12(5)18-16-13(6)15(17-9-3)19-14(8-2)20-16/h11-12H,7-10H2,1-6H3,(H2,17,18,19,20). The Hall–Kier alpha value is -1.32. The molecule has 1 rings (SSSR count). The Labute approximate surface area is 123 Å². The molecule has 0 spiro atoms. The molecule has 1 heterocycles. The Morgan fingerprint density at radius 3 is 2.25 bits per heavy atom. The van der Waals surface area contributed by atoms with E-state index in [2.05, 4.69) is 62.1 Å². The van der Waals surface area contributed by atoms with E-state index < -0.39 is 0 Å². The lowest BCUT2D eigenvalue weighted by Gasteiger charge is -2.20. The van der Waals surface area contributed by atoms with E-state index in [1.54, 1.807) is 0 Å². The number of aromatic nitrogens is 2. The zero-order valence-corrected chi connectivity index (χ0v) is 13.9. The minimum Gasteiger partial charge on any atom is -0.370 e. The van der Waals surface area contributed by atoms with Crippen LogP contribution in [0.4, 0.5) is 11.6 Å². The third-order valence-corrected chi connectivity index (χ3v) is 3.69. The molecule has 4 heteroatoms. The lowest BCUT2D eigenvalue weighted by Crippen LogP contribution is -2.21. The van der Waals surface area contributed by atoms with Crippen molar-refractivity contribution in [3.05, 3.63) is 11.4 Å². The van der Waals surface area contributed by atoms with Crippen molar-refractivity contribution in [2.75, 3.05) is 17.2 Å². The van der Waals surface area contributed by atoms with Crippen molar-refractivity contribution in [2.24, 2.45) is 5.92 Å². The number of rotatable bonds is 8. The van der Waals surface area contributed by atoms with E-state index in [4.69, 9.17) is 0 Å². The minimum absolute atomic E-state index is 0.428. The van der Waals surface area contributed by atoms with Crippen LogP contribution in [0.3, 0.4) is 0 Å². The van der Waals surface area contributed by atoms with Crippen LogP contribution in [0.5, 0.6) is 0 Å². The van der Waals surface area contributed by atoms with E-state index >= 15 is 0 Å². The summed E-state index contributed by atoms with van der Waals surface area (Å²) in [5.41, 5.74) is 1.11. The zero-order chi connectivity index (χ0) is 15.1. The molecule has 0 amide bonds. The predicted molar refractivity (Wildman–Crippen MR) is 87.5 cm³/mol.